The molecule has 0 aliphatic carbocycles. The van der Waals surface area contributed by atoms with Gasteiger partial charge in [0.2, 0.25) is 0 Å². The van der Waals surface area contributed by atoms with Crippen molar-refractivity contribution < 1.29 is 4.79 Å². The Labute approximate surface area is 151 Å². The van der Waals surface area contributed by atoms with Crippen LogP contribution >= 0.6 is 0 Å². The van der Waals surface area contributed by atoms with E-state index < -0.39 is 5.79 Å². The lowest BCUT2D eigenvalue weighted by molar-refractivity contribution is 0.0745. The molecule has 3 heterocycles. The Balaban J connectivity index is 1.81. The van der Waals surface area contributed by atoms with Crippen molar-refractivity contribution in [1.29, 1.82) is 0 Å². The van der Waals surface area contributed by atoms with E-state index in [4.69, 9.17) is 0 Å². The van der Waals surface area contributed by atoms with Gasteiger partial charge in [0.15, 0.2) is 11.6 Å². The maximum absolute atomic E-state index is 12.7. The Morgan fingerprint density at radius 3 is 2.46 bits per heavy atom. The van der Waals surface area contributed by atoms with Crippen LogP contribution in [0.5, 0.6) is 0 Å². The molecule has 2 aromatic rings. The van der Waals surface area contributed by atoms with E-state index in [9.17, 15) is 4.79 Å². The van der Waals surface area contributed by atoms with Crippen molar-refractivity contribution in [2.45, 2.75) is 5.79 Å². The summed E-state index contributed by atoms with van der Waals surface area (Å²) in [5.74, 6) is 5.62. The number of hydrogen-bond donors (Lipinski definition) is 3. The number of likely N-dealkylation sites (N-methyl/N-ethyl adjacent to an activating group) is 2. The number of amides is 2. The summed E-state index contributed by atoms with van der Waals surface area (Å²) in [4.78, 5) is 26.9. The average molecular weight is 352 g/mol. The molecule has 2 amide bonds. The maximum Gasteiger partial charge on any atom is 0.343 e. The number of urea groups is 1. The molecule has 1 saturated heterocycles. The van der Waals surface area contributed by atoms with Crippen LogP contribution in [-0.2, 0) is 0 Å². The highest BCUT2D eigenvalue weighted by atomic mass is 16.2. The molecule has 3 N–H and O–H groups in total. The first kappa shape index (κ1) is 17.8. The molecule has 0 unspecified atom stereocenters. The van der Waals surface area contributed by atoms with Gasteiger partial charge in [-0.1, -0.05) is 5.92 Å². The first-order chi connectivity index (χ1) is 12.6. The smallest absolute Gasteiger partial charge is 0.282 e. The van der Waals surface area contributed by atoms with Gasteiger partial charge in [-0.05, 0) is 32.1 Å². The number of carbonyl (C=O) groups is 1. The fraction of sp³-hybridized carbons (Fsp3) is 0.294. The van der Waals surface area contributed by atoms with E-state index >= 15 is 0 Å². The van der Waals surface area contributed by atoms with E-state index in [-0.39, 0.29) is 6.03 Å². The molecule has 9 nitrogen and oxygen atoms in total. The second-order valence-corrected chi connectivity index (χ2v) is 5.54. The number of hydrazine groups is 1. The molecule has 0 spiro atoms. The molecule has 1 aliphatic heterocycles. The van der Waals surface area contributed by atoms with Gasteiger partial charge in [0.1, 0.15) is 5.69 Å². The molecule has 0 saturated carbocycles. The number of carbonyl (C=O) groups excluding carboxylic acids is 1. The highest BCUT2D eigenvalue weighted by Gasteiger charge is 2.49. The van der Waals surface area contributed by atoms with Crippen LogP contribution in [0.1, 0.15) is 11.3 Å². The molecule has 26 heavy (non-hydrogen) atoms. The quantitative estimate of drug-likeness (QED) is 0.515. The Hall–Kier alpha value is -3.06. The molecule has 3 rings (SSSR count). The SMILES string of the molecule is CNN1C(=O)N(c2cnc(C#Cc3cccnc3)cn2)CC1(NC)NC. The zero-order valence-corrected chi connectivity index (χ0v) is 14.8. The Morgan fingerprint density at radius 2 is 1.92 bits per heavy atom. The molecule has 9 heteroatoms. The van der Waals surface area contributed by atoms with Crippen molar-refractivity contribution >= 4 is 11.8 Å². The van der Waals surface area contributed by atoms with Crippen molar-refractivity contribution in [3.8, 4) is 11.8 Å². The normalized spacial score (nSPS) is 15.7. The predicted molar refractivity (Wildman–Crippen MR) is 96.7 cm³/mol. The van der Waals surface area contributed by atoms with Gasteiger partial charge in [0.05, 0.1) is 18.9 Å². The monoisotopic (exact) mass is 352 g/mol. The first-order valence-electron chi connectivity index (χ1n) is 8.04. The van der Waals surface area contributed by atoms with Crippen molar-refractivity contribution in [1.82, 2.24) is 36.0 Å². The Kier molecular flexibility index (Phi) is 5.09. The third kappa shape index (κ3) is 3.21. The van der Waals surface area contributed by atoms with Crippen LogP contribution in [0.2, 0.25) is 0 Å². The summed E-state index contributed by atoms with van der Waals surface area (Å²) in [6.07, 6.45) is 6.46. The topological polar surface area (TPSA) is 98.3 Å². The minimum atomic E-state index is -0.744. The highest BCUT2D eigenvalue weighted by molar-refractivity contribution is 5.93. The Morgan fingerprint density at radius 1 is 1.12 bits per heavy atom. The van der Waals surface area contributed by atoms with Crippen molar-refractivity contribution in [2.75, 3.05) is 32.6 Å². The summed E-state index contributed by atoms with van der Waals surface area (Å²) in [5.41, 5.74) is 4.21. The molecular formula is C17H20N8O. The zero-order valence-electron chi connectivity index (χ0n) is 14.8. The number of aromatic nitrogens is 3. The standard InChI is InChI=1S/C17H20N8O/c1-18-17(19-2)12-24(16(26)25(17)20-3)15-11-22-14(10-23-15)7-6-13-5-4-8-21-9-13/h4-5,8-11,18-20H,12H2,1-3H3. The van der Waals surface area contributed by atoms with Crippen LogP contribution in [-0.4, -0.2) is 59.5 Å². The summed E-state index contributed by atoms with van der Waals surface area (Å²) in [5, 5.41) is 7.72. The van der Waals surface area contributed by atoms with Crippen LogP contribution < -0.4 is 21.0 Å². The second kappa shape index (κ2) is 7.45. The lowest BCUT2D eigenvalue weighted by atomic mass is 10.3. The fourth-order valence-corrected chi connectivity index (χ4v) is 2.72. The molecular weight excluding hydrogens is 332 g/mol. The van der Waals surface area contributed by atoms with Crippen LogP contribution in [0.4, 0.5) is 10.6 Å². The summed E-state index contributed by atoms with van der Waals surface area (Å²) < 4.78 is 0. The summed E-state index contributed by atoms with van der Waals surface area (Å²) in [6.45, 7) is 0.356. The second-order valence-electron chi connectivity index (χ2n) is 5.54. The third-order valence-electron chi connectivity index (χ3n) is 4.15. The van der Waals surface area contributed by atoms with E-state index in [2.05, 4.69) is 42.9 Å². The van der Waals surface area contributed by atoms with Crippen LogP contribution in [0.15, 0.2) is 36.9 Å². The predicted octanol–water partition coefficient (Wildman–Crippen LogP) is -0.260. The zero-order chi connectivity index (χ0) is 18.6. The molecule has 2 aromatic heterocycles. The van der Waals surface area contributed by atoms with Gasteiger partial charge in [-0.2, -0.15) is 0 Å². The van der Waals surface area contributed by atoms with Gasteiger partial charge in [-0.3, -0.25) is 20.5 Å². The highest BCUT2D eigenvalue weighted by Crippen LogP contribution is 2.24. The van der Waals surface area contributed by atoms with Gasteiger partial charge >= 0.3 is 6.03 Å². The van der Waals surface area contributed by atoms with Crippen LogP contribution in [0.25, 0.3) is 0 Å². The van der Waals surface area contributed by atoms with Crippen molar-refractivity contribution in [3.05, 3.63) is 48.2 Å². The summed E-state index contributed by atoms with van der Waals surface area (Å²) >= 11 is 0. The minimum absolute atomic E-state index is 0.236. The summed E-state index contributed by atoms with van der Waals surface area (Å²) in [6, 6.07) is 3.45. The van der Waals surface area contributed by atoms with E-state index in [0.717, 1.165) is 5.56 Å². The minimum Gasteiger partial charge on any atom is -0.282 e. The molecule has 0 radical (unpaired) electrons. The van der Waals surface area contributed by atoms with E-state index in [1.807, 2.05) is 12.1 Å². The number of rotatable bonds is 4. The number of anilines is 1. The maximum atomic E-state index is 12.7. The largest absolute Gasteiger partial charge is 0.343 e. The lowest BCUT2D eigenvalue weighted by Crippen LogP contribution is -2.68. The number of nitrogens with one attached hydrogen (secondary N) is 3. The molecule has 1 fully saturated rings. The fourth-order valence-electron chi connectivity index (χ4n) is 2.72. The average Bonchev–Trinajstić information content (AvgIpc) is 2.99. The van der Waals surface area contributed by atoms with Gasteiger partial charge in [-0.25, -0.2) is 25.2 Å². The van der Waals surface area contributed by atoms with Gasteiger partial charge in [-0.15, -0.1) is 0 Å². The molecule has 134 valence electrons. The first-order valence-corrected chi connectivity index (χ1v) is 8.04. The summed E-state index contributed by atoms with van der Waals surface area (Å²) in [7, 11) is 5.24. The molecule has 1 aliphatic rings. The van der Waals surface area contributed by atoms with E-state index in [0.29, 0.717) is 18.1 Å². The van der Waals surface area contributed by atoms with Crippen molar-refractivity contribution in [3.63, 3.8) is 0 Å². The Bertz CT molecular complexity index is 823. The van der Waals surface area contributed by atoms with Gasteiger partial charge < -0.3 is 0 Å². The lowest BCUT2D eigenvalue weighted by Gasteiger charge is -2.35. The van der Waals surface area contributed by atoms with E-state index in [1.165, 1.54) is 9.91 Å². The third-order valence-corrected chi connectivity index (χ3v) is 4.15. The number of nitrogens with zero attached hydrogens (tertiary/aromatic N) is 5. The van der Waals surface area contributed by atoms with Gasteiger partial charge in [0, 0.05) is 25.0 Å². The van der Waals surface area contributed by atoms with Gasteiger partial charge in [0.25, 0.3) is 0 Å². The molecule has 0 atom stereocenters. The van der Waals surface area contributed by atoms with E-state index in [1.54, 1.807) is 45.9 Å². The van der Waals surface area contributed by atoms with Crippen molar-refractivity contribution in [2.24, 2.45) is 0 Å². The molecule has 0 bridgehead atoms. The number of hydrogen-bond acceptors (Lipinski definition) is 7. The van der Waals surface area contributed by atoms with Crippen LogP contribution in [0.3, 0.4) is 0 Å². The molecule has 0 aromatic carbocycles. The number of pyridine rings is 1. The van der Waals surface area contributed by atoms with Crippen LogP contribution in [0, 0.1) is 11.8 Å².